The molecule has 84 valence electrons. The molecule has 0 bridgehead atoms. The average Bonchev–Trinajstić information content (AvgIpc) is 2.70. The molecule has 0 radical (unpaired) electrons. The molecule has 2 heterocycles. The number of likely N-dealkylation sites (N-methyl/N-ethyl adjacent to an activating group) is 1. The Morgan fingerprint density at radius 1 is 1.56 bits per heavy atom. The van der Waals surface area contributed by atoms with E-state index in [4.69, 9.17) is 11.6 Å². The van der Waals surface area contributed by atoms with Crippen LogP contribution in [-0.4, -0.2) is 17.7 Å². The smallest absolute Gasteiger partial charge is 0.142 e. The lowest BCUT2D eigenvalue weighted by Gasteiger charge is -2.24. The first-order chi connectivity index (χ1) is 7.70. The highest BCUT2D eigenvalue weighted by Crippen LogP contribution is 2.33. The van der Waals surface area contributed by atoms with E-state index in [9.17, 15) is 4.39 Å². The number of rotatable bonds is 1. The normalized spacial score (nSPS) is 19.3. The van der Waals surface area contributed by atoms with Crippen molar-refractivity contribution in [3.05, 3.63) is 34.7 Å². The molecule has 1 N–H and O–H groups in total. The van der Waals surface area contributed by atoms with Gasteiger partial charge in [0.2, 0.25) is 0 Å². The van der Waals surface area contributed by atoms with Crippen molar-refractivity contribution >= 4 is 22.5 Å². The zero-order valence-corrected chi connectivity index (χ0v) is 9.68. The molecular weight excluding hydrogens is 227 g/mol. The molecule has 0 fully saturated rings. The van der Waals surface area contributed by atoms with Crippen molar-refractivity contribution in [3.63, 3.8) is 0 Å². The fourth-order valence-corrected chi connectivity index (χ4v) is 2.70. The van der Waals surface area contributed by atoms with Crippen LogP contribution in [0.2, 0.25) is 5.02 Å². The summed E-state index contributed by atoms with van der Waals surface area (Å²) in [4.78, 5) is 0. The highest BCUT2D eigenvalue weighted by molar-refractivity contribution is 6.35. The van der Waals surface area contributed by atoms with Crippen LogP contribution >= 0.6 is 11.6 Å². The van der Waals surface area contributed by atoms with Gasteiger partial charge in [0.05, 0.1) is 10.5 Å². The molecule has 1 unspecified atom stereocenters. The zero-order chi connectivity index (χ0) is 11.3. The SMILES string of the molecule is CNC1Cc2cc(F)c(Cl)c3ccn(c23)C1. The Morgan fingerprint density at radius 2 is 2.38 bits per heavy atom. The second-order valence-electron chi connectivity index (χ2n) is 4.25. The van der Waals surface area contributed by atoms with E-state index in [2.05, 4.69) is 9.88 Å². The minimum absolute atomic E-state index is 0.236. The molecule has 1 aliphatic heterocycles. The molecule has 0 saturated heterocycles. The van der Waals surface area contributed by atoms with Crippen molar-refractivity contribution in [2.75, 3.05) is 7.05 Å². The predicted octanol–water partition coefficient (Wildman–Crippen LogP) is 2.58. The van der Waals surface area contributed by atoms with Crippen LogP contribution in [0.25, 0.3) is 10.9 Å². The van der Waals surface area contributed by atoms with Gasteiger partial charge in [-0.25, -0.2) is 4.39 Å². The van der Waals surface area contributed by atoms with Gasteiger partial charge in [-0.15, -0.1) is 0 Å². The first-order valence-electron chi connectivity index (χ1n) is 5.33. The first-order valence-corrected chi connectivity index (χ1v) is 5.71. The fourth-order valence-electron chi connectivity index (χ4n) is 2.49. The van der Waals surface area contributed by atoms with Crippen LogP contribution in [0.3, 0.4) is 0 Å². The van der Waals surface area contributed by atoms with Crippen LogP contribution in [0, 0.1) is 5.82 Å². The lowest BCUT2D eigenvalue weighted by Crippen LogP contribution is -2.34. The summed E-state index contributed by atoms with van der Waals surface area (Å²) in [6.07, 6.45) is 2.83. The van der Waals surface area contributed by atoms with E-state index in [-0.39, 0.29) is 10.8 Å². The van der Waals surface area contributed by atoms with Crippen LogP contribution in [-0.2, 0) is 13.0 Å². The maximum absolute atomic E-state index is 13.6. The van der Waals surface area contributed by atoms with E-state index < -0.39 is 0 Å². The third-order valence-electron chi connectivity index (χ3n) is 3.31. The topological polar surface area (TPSA) is 17.0 Å². The van der Waals surface area contributed by atoms with Crippen molar-refractivity contribution in [2.24, 2.45) is 0 Å². The lowest BCUT2D eigenvalue weighted by atomic mass is 10.00. The molecule has 1 aliphatic rings. The molecule has 3 rings (SSSR count). The zero-order valence-electron chi connectivity index (χ0n) is 8.93. The summed E-state index contributed by atoms with van der Waals surface area (Å²) in [5.74, 6) is -0.321. The molecule has 1 aromatic heterocycles. The van der Waals surface area contributed by atoms with Gasteiger partial charge in [-0.2, -0.15) is 0 Å². The Kier molecular flexibility index (Phi) is 2.19. The molecule has 16 heavy (non-hydrogen) atoms. The third kappa shape index (κ3) is 1.28. The molecule has 0 aliphatic carbocycles. The molecule has 2 nitrogen and oxygen atoms in total. The molecule has 1 aromatic carbocycles. The Morgan fingerprint density at radius 3 is 3.12 bits per heavy atom. The van der Waals surface area contributed by atoms with Crippen LogP contribution in [0.1, 0.15) is 5.56 Å². The molecule has 0 amide bonds. The van der Waals surface area contributed by atoms with Gasteiger partial charge in [0.15, 0.2) is 0 Å². The number of nitrogens with one attached hydrogen (secondary N) is 1. The summed E-state index contributed by atoms with van der Waals surface area (Å²) in [5.41, 5.74) is 2.12. The molecule has 0 spiro atoms. The molecule has 2 aromatic rings. The summed E-state index contributed by atoms with van der Waals surface area (Å²) in [6.45, 7) is 0.912. The van der Waals surface area contributed by atoms with Gasteiger partial charge in [0, 0.05) is 24.2 Å². The first kappa shape index (κ1) is 10.1. The highest BCUT2D eigenvalue weighted by atomic mass is 35.5. The average molecular weight is 239 g/mol. The van der Waals surface area contributed by atoms with Crippen LogP contribution in [0.15, 0.2) is 18.3 Å². The summed E-state index contributed by atoms with van der Waals surface area (Å²) in [7, 11) is 1.93. The number of aromatic nitrogens is 1. The summed E-state index contributed by atoms with van der Waals surface area (Å²) in [6, 6.07) is 3.82. The quantitative estimate of drug-likeness (QED) is 0.808. The van der Waals surface area contributed by atoms with Gasteiger partial charge >= 0.3 is 0 Å². The van der Waals surface area contributed by atoms with E-state index >= 15 is 0 Å². The summed E-state index contributed by atoms with van der Waals surface area (Å²) < 4.78 is 15.7. The molecule has 4 heteroatoms. The van der Waals surface area contributed by atoms with Gasteiger partial charge in [0.1, 0.15) is 5.82 Å². The molecular formula is C12H12ClFN2. The fraction of sp³-hybridized carbons (Fsp3) is 0.333. The van der Waals surface area contributed by atoms with Gasteiger partial charge in [-0.1, -0.05) is 11.6 Å². The maximum atomic E-state index is 13.6. The van der Waals surface area contributed by atoms with Crippen LogP contribution < -0.4 is 5.32 Å². The third-order valence-corrected chi connectivity index (χ3v) is 3.69. The molecule has 1 atom stereocenters. The van der Waals surface area contributed by atoms with E-state index in [1.54, 1.807) is 6.07 Å². The second kappa shape index (κ2) is 3.47. The van der Waals surface area contributed by atoms with Crippen LogP contribution in [0.5, 0.6) is 0 Å². The van der Waals surface area contributed by atoms with E-state index in [0.717, 1.165) is 29.4 Å². The van der Waals surface area contributed by atoms with Gasteiger partial charge in [-0.3, -0.25) is 0 Å². The Labute approximate surface area is 98.0 Å². The second-order valence-corrected chi connectivity index (χ2v) is 4.63. The van der Waals surface area contributed by atoms with Gasteiger partial charge < -0.3 is 9.88 Å². The van der Waals surface area contributed by atoms with Gasteiger partial charge in [0.25, 0.3) is 0 Å². The minimum Gasteiger partial charge on any atom is -0.346 e. The van der Waals surface area contributed by atoms with Crippen molar-refractivity contribution < 1.29 is 4.39 Å². The Bertz CT molecular complexity index is 562. The van der Waals surface area contributed by atoms with Gasteiger partial charge in [-0.05, 0) is 31.2 Å². The van der Waals surface area contributed by atoms with Crippen molar-refractivity contribution in [2.45, 2.75) is 19.0 Å². The van der Waals surface area contributed by atoms with Crippen LogP contribution in [0.4, 0.5) is 4.39 Å². The van der Waals surface area contributed by atoms with E-state index in [1.807, 2.05) is 19.3 Å². The number of hydrogen-bond donors (Lipinski definition) is 1. The van der Waals surface area contributed by atoms with Crippen molar-refractivity contribution in [1.82, 2.24) is 9.88 Å². The largest absolute Gasteiger partial charge is 0.346 e. The van der Waals surface area contributed by atoms with Crippen molar-refractivity contribution in [1.29, 1.82) is 0 Å². The Balaban J connectivity index is 2.29. The van der Waals surface area contributed by atoms with E-state index in [0.29, 0.717) is 6.04 Å². The maximum Gasteiger partial charge on any atom is 0.142 e. The lowest BCUT2D eigenvalue weighted by molar-refractivity contribution is 0.469. The standard InChI is InChI=1S/C12H12ClFN2/c1-15-8-4-7-5-10(14)11(13)9-2-3-16(6-8)12(7)9/h2-3,5,8,15H,4,6H2,1H3. The monoisotopic (exact) mass is 238 g/mol. The minimum atomic E-state index is -0.321. The summed E-state index contributed by atoms with van der Waals surface area (Å²) in [5, 5.41) is 4.30. The highest BCUT2D eigenvalue weighted by Gasteiger charge is 2.22. The molecule has 0 saturated carbocycles. The summed E-state index contributed by atoms with van der Waals surface area (Å²) >= 11 is 5.96. The number of benzene rings is 1. The predicted molar refractivity (Wildman–Crippen MR) is 63.5 cm³/mol. The number of halogens is 2. The van der Waals surface area contributed by atoms with Crippen molar-refractivity contribution in [3.8, 4) is 0 Å². The number of hydrogen-bond acceptors (Lipinski definition) is 1. The van der Waals surface area contributed by atoms with E-state index in [1.165, 1.54) is 0 Å². The Hall–Kier alpha value is -1.06. The number of nitrogens with zero attached hydrogens (tertiary/aromatic N) is 1.